The van der Waals surface area contributed by atoms with Gasteiger partial charge in [-0.15, -0.1) is 11.8 Å². The molecule has 2 aromatic rings. The molecular formula is C16H18N2S. The van der Waals surface area contributed by atoms with Crippen molar-refractivity contribution in [1.82, 2.24) is 10.3 Å². The fourth-order valence-corrected chi connectivity index (χ4v) is 3.72. The predicted molar refractivity (Wildman–Crippen MR) is 80.6 cm³/mol. The van der Waals surface area contributed by atoms with E-state index >= 15 is 0 Å². The maximum absolute atomic E-state index is 4.42. The Morgan fingerprint density at radius 1 is 1.26 bits per heavy atom. The Bertz CT molecular complexity index is 568. The Morgan fingerprint density at radius 2 is 2.16 bits per heavy atom. The molecule has 0 saturated carbocycles. The van der Waals surface area contributed by atoms with Crippen molar-refractivity contribution in [2.24, 2.45) is 0 Å². The summed E-state index contributed by atoms with van der Waals surface area (Å²) in [5, 5.41) is 3.55. The normalized spacial score (nSPS) is 17.4. The number of aryl methyl sites for hydroxylation is 1. The number of nitrogens with one attached hydrogen (secondary N) is 1. The zero-order valence-corrected chi connectivity index (χ0v) is 11.9. The summed E-state index contributed by atoms with van der Waals surface area (Å²) in [6.07, 6.45) is 1.87. The van der Waals surface area contributed by atoms with E-state index in [0.29, 0.717) is 5.92 Å². The van der Waals surface area contributed by atoms with E-state index < -0.39 is 0 Å². The van der Waals surface area contributed by atoms with Gasteiger partial charge in [0.1, 0.15) is 0 Å². The Morgan fingerprint density at radius 3 is 3.05 bits per heavy atom. The van der Waals surface area contributed by atoms with Gasteiger partial charge in [-0.1, -0.05) is 24.3 Å². The largest absolute Gasteiger partial charge is 0.311 e. The van der Waals surface area contributed by atoms with E-state index in [9.17, 15) is 0 Å². The molecule has 19 heavy (non-hydrogen) atoms. The van der Waals surface area contributed by atoms with Crippen LogP contribution in [0.4, 0.5) is 0 Å². The lowest BCUT2D eigenvalue weighted by molar-refractivity contribution is 0.612. The molecule has 0 bridgehead atoms. The van der Waals surface area contributed by atoms with Crippen molar-refractivity contribution in [1.29, 1.82) is 0 Å². The van der Waals surface area contributed by atoms with Crippen LogP contribution in [0.3, 0.4) is 0 Å². The van der Waals surface area contributed by atoms with Gasteiger partial charge in [0.05, 0.1) is 5.69 Å². The summed E-state index contributed by atoms with van der Waals surface area (Å²) in [7, 11) is 0. The molecule has 1 aromatic heterocycles. The van der Waals surface area contributed by atoms with Crippen LogP contribution in [0.25, 0.3) is 0 Å². The van der Waals surface area contributed by atoms with Crippen molar-refractivity contribution < 1.29 is 0 Å². The first kappa shape index (κ1) is 12.7. The predicted octanol–water partition coefficient (Wildman–Crippen LogP) is 3.37. The van der Waals surface area contributed by atoms with E-state index in [1.54, 1.807) is 0 Å². The van der Waals surface area contributed by atoms with Gasteiger partial charge in [0.2, 0.25) is 0 Å². The van der Waals surface area contributed by atoms with Crippen LogP contribution in [-0.4, -0.2) is 17.3 Å². The van der Waals surface area contributed by atoms with E-state index in [2.05, 4.69) is 47.6 Å². The number of fused-ring (bicyclic) bond motifs is 1. The van der Waals surface area contributed by atoms with E-state index in [0.717, 1.165) is 18.8 Å². The zero-order chi connectivity index (χ0) is 13.1. The van der Waals surface area contributed by atoms with Crippen molar-refractivity contribution in [2.45, 2.75) is 24.3 Å². The number of nitrogens with zero attached hydrogens (tertiary/aromatic N) is 1. The van der Waals surface area contributed by atoms with Crippen molar-refractivity contribution in [3.63, 3.8) is 0 Å². The molecule has 1 aromatic carbocycles. The molecule has 0 amide bonds. The van der Waals surface area contributed by atoms with Crippen LogP contribution in [-0.2, 0) is 6.54 Å². The number of thioether (sulfide) groups is 1. The lowest BCUT2D eigenvalue weighted by Crippen LogP contribution is -2.22. The van der Waals surface area contributed by atoms with Gasteiger partial charge in [0.15, 0.2) is 0 Å². The molecule has 2 heterocycles. The minimum Gasteiger partial charge on any atom is -0.311 e. The van der Waals surface area contributed by atoms with E-state index in [4.69, 9.17) is 0 Å². The summed E-state index contributed by atoms with van der Waals surface area (Å²) in [5.41, 5.74) is 3.91. The fraction of sp³-hybridized carbons (Fsp3) is 0.312. The first-order valence-corrected chi connectivity index (χ1v) is 7.66. The highest BCUT2D eigenvalue weighted by Crippen LogP contribution is 2.38. The van der Waals surface area contributed by atoms with Crippen molar-refractivity contribution in [3.05, 3.63) is 59.4 Å². The van der Waals surface area contributed by atoms with Crippen LogP contribution in [0.2, 0.25) is 0 Å². The summed E-state index contributed by atoms with van der Waals surface area (Å²) >= 11 is 1.97. The molecule has 1 atom stereocenters. The second kappa shape index (κ2) is 5.76. The SMILES string of the molecule is Cc1cccnc1CNCC1CSc2ccccc21. The molecule has 2 nitrogen and oxygen atoms in total. The molecular weight excluding hydrogens is 252 g/mol. The highest BCUT2D eigenvalue weighted by molar-refractivity contribution is 7.99. The van der Waals surface area contributed by atoms with Crippen LogP contribution < -0.4 is 5.32 Å². The van der Waals surface area contributed by atoms with Crippen LogP contribution >= 0.6 is 11.8 Å². The summed E-state index contributed by atoms with van der Waals surface area (Å²) in [5.74, 6) is 1.82. The van der Waals surface area contributed by atoms with Gasteiger partial charge >= 0.3 is 0 Å². The van der Waals surface area contributed by atoms with Gasteiger partial charge in [0, 0.05) is 35.9 Å². The third-order valence-corrected chi connectivity index (χ3v) is 4.85. The zero-order valence-electron chi connectivity index (χ0n) is 11.1. The molecule has 3 heteroatoms. The third kappa shape index (κ3) is 2.82. The Hall–Kier alpha value is -1.32. The molecule has 1 aliphatic rings. The minimum absolute atomic E-state index is 0.630. The monoisotopic (exact) mass is 270 g/mol. The average molecular weight is 270 g/mol. The second-order valence-corrected chi connectivity index (χ2v) is 6.01. The van der Waals surface area contributed by atoms with Gasteiger partial charge in [-0.2, -0.15) is 0 Å². The van der Waals surface area contributed by atoms with Crippen LogP contribution in [0.5, 0.6) is 0 Å². The average Bonchev–Trinajstić information content (AvgIpc) is 2.85. The van der Waals surface area contributed by atoms with Gasteiger partial charge in [-0.05, 0) is 30.2 Å². The van der Waals surface area contributed by atoms with Crippen molar-refractivity contribution in [3.8, 4) is 0 Å². The molecule has 1 unspecified atom stereocenters. The summed E-state index contributed by atoms with van der Waals surface area (Å²) in [6.45, 7) is 4.00. The third-order valence-electron chi connectivity index (χ3n) is 3.60. The van der Waals surface area contributed by atoms with E-state index in [1.165, 1.54) is 21.8 Å². The molecule has 0 aliphatic carbocycles. The smallest absolute Gasteiger partial charge is 0.0570 e. The van der Waals surface area contributed by atoms with Gasteiger partial charge in [-0.25, -0.2) is 0 Å². The van der Waals surface area contributed by atoms with E-state index in [1.807, 2.05) is 24.0 Å². The van der Waals surface area contributed by atoms with Gasteiger partial charge in [-0.3, -0.25) is 4.98 Å². The summed E-state index contributed by atoms with van der Waals surface area (Å²) in [4.78, 5) is 5.87. The molecule has 98 valence electrons. The first-order valence-electron chi connectivity index (χ1n) is 6.67. The molecule has 0 saturated heterocycles. The van der Waals surface area contributed by atoms with Crippen molar-refractivity contribution in [2.75, 3.05) is 12.3 Å². The molecule has 0 radical (unpaired) electrons. The number of benzene rings is 1. The fourth-order valence-electron chi connectivity index (χ4n) is 2.47. The maximum Gasteiger partial charge on any atom is 0.0570 e. The quantitative estimate of drug-likeness (QED) is 0.922. The molecule has 0 fully saturated rings. The summed E-state index contributed by atoms with van der Waals surface area (Å²) < 4.78 is 0. The Labute approximate surface area is 118 Å². The van der Waals surface area contributed by atoms with Gasteiger partial charge in [0.25, 0.3) is 0 Å². The molecule has 0 spiro atoms. The van der Waals surface area contributed by atoms with E-state index in [-0.39, 0.29) is 0 Å². The minimum atomic E-state index is 0.630. The molecule has 1 aliphatic heterocycles. The molecule has 1 N–H and O–H groups in total. The van der Waals surface area contributed by atoms with Crippen molar-refractivity contribution >= 4 is 11.8 Å². The topological polar surface area (TPSA) is 24.9 Å². The Balaban J connectivity index is 1.58. The first-order chi connectivity index (χ1) is 9.34. The lowest BCUT2D eigenvalue weighted by atomic mass is 10.0. The maximum atomic E-state index is 4.42. The highest BCUT2D eigenvalue weighted by atomic mass is 32.2. The number of aromatic nitrogens is 1. The molecule has 3 rings (SSSR count). The lowest BCUT2D eigenvalue weighted by Gasteiger charge is -2.12. The number of rotatable bonds is 4. The number of hydrogen-bond donors (Lipinski definition) is 1. The van der Waals surface area contributed by atoms with Gasteiger partial charge < -0.3 is 5.32 Å². The second-order valence-electron chi connectivity index (χ2n) is 4.94. The Kier molecular flexibility index (Phi) is 3.85. The van der Waals surface area contributed by atoms with Crippen LogP contribution in [0.15, 0.2) is 47.5 Å². The summed E-state index contributed by atoms with van der Waals surface area (Å²) in [6, 6.07) is 12.9. The number of pyridine rings is 1. The highest BCUT2D eigenvalue weighted by Gasteiger charge is 2.21. The van der Waals surface area contributed by atoms with Crippen LogP contribution in [0, 0.1) is 6.92 Å². The van der Waals surface area contributed by atoms with Crippen LogP contribution in [0.1, 0.15) is 22.7 Å². The standard InChI is InChI=1S/C16H18N2S/c1-12-5-4-8-18-15(12)10-17-9-13-11-19-16-7-3-2-6-14(13)16/h2-8,13,17H,9-11H2,1H3. The number of hydrogen-bond acceptors (Lipinski definition) is 3.